The lowest BCUT2D eigenvalue weighted by atomic mass is 9.95. The van der Waals surface area contributed by atoms with Crippen LogP contribution >= 0.6 is 12.4 Å². The van der Waals surface area contributed by atoms with Crippen molar-refractivity contribution < 1.29 is 45.6 Å². The summed E-state index contributed by atoms with van der Waals surface area (Å²) in [6.07, 6.45) is -3.82. The monoisotopic (exact) mass is 634 g/mol. The highest BCUT2D eigenvalue weighted by Crippen LogP contribution is 2.36. The van der Waals surface area contributed by atoms with Crippen molar-refractivity contribution in [3.63, 3.8) is 0 Å². The smallest absolute Gasteiger partial charge is 0.494 e. The molecule has 2 aromatic carbocycles. The molecule has 1 saturated heterocycles. The molecule has 2 N–H and O–H groups in total. The Kier molecular flexibility index (Phi) is 10.8. The van der Waals surface area contributed by atoms with E-state index in [1.807, 2.05) is 11.8 Å². The molecule has 0 spiro atoms. The Labute approximate surface area is 246 Å². The van der Waals surface area contributed by atoms with Gasteiger partial charge in [-0.2, -0.15) is 4.98 Å². The van der Waals surface area contributed by atoms with Crippen LogP contribution in [0.25, 0.3) is 11.4 Å². The Morgan fingerprint density at radius 3 is 2.29 bits per heavy atom. The van der Waals surface area contributed by atoms with Gasteiger partial charge in [0.05, 0.1) is 11.5 Å². The average Bonchev–Trinajstić information content (AvgIpc) is 3.43. The molecule has 0 saturated carbocycles. The van der Waals surface area contributed by atoms with Gasteiger partial charge in [0.2, 0.25) is 11.7 Å². The van der Waals surface area contributed by atoms with Crippen molar-refractivity contribution in [1.29, 1.82) is 0 Å². The lowest BCUT2D eigenvalue weighted by Crippen LogP contribution is -2.57. The number of hydroxylamine groups is 1. The topological polar surface area (TPSA) is 144 Å². The van der Waals surface area contributed by atoms with Crippen LogP contribution in [0.3, 0.4) is 0 Å². The van der Waals surface area contributed by atoms with E-state index in [-0.39, 0.29) is 48.3 Å². The second kappa shape index (κ2) is 13.7. The molecule has 2 heterocycles. The van der Waals surface area contributed by atoms with Gasteiger partial charge in [-0.3, -0.25) is 10.0 Å². The molecule has 0 aliphatic carbocycles. The van der Waals surface area contributed by atoms with E-state index in [1.54, 1.807) is 5.48 Å². The van der Waals surface area contributed by atoms with Crippen LogP contribution in [0.15, 0.2) is 57.9 Å². The predicted octanol–water partition coefficient (Wildman–Crippen LogP) is 4.20. The number of benzene rings is 2. The number of hydrogen-bond acceptors (Lipinski definition) is 10. The van der Waals surface area contributed by atoms with E-state index in [9.17, 15) is 31.6 Å². The fourth-order valence-electron chi connectivity index (χ4n) is 4.58. The molecule has 1 aliphatic heterocycles. The number of nitrogens with zero attached hydrogens (tertiary/aromatic N) is 3. The van der Waals surface area contributed by atoms with Gasteiger partial charge in [-0.25, -0.2) is 13.9 Å². The highest BCUT2D eigenvalue weighted by Gasteiger charge is 2.52. The van der Waals surface area contributed by atoms with Gasteiger partial charge >= 0.3 is 6.36 Å². The van der Waals surface area contributed by atoms with Gasteiger partial charge in [-0.15, -0.1) is 25.6 Å². The Morgan fingerprint density at radius 2 is 1.71 bits per heavy atom. The molecule has 1 aromatic heterocycles. The largest absolute Gasteiger partial charge is 0.573 e. The van der Waals surface area contributed by atoms with Crippen LogP contribution in [0.5, 0.6) is 11.5 Å². The first-order valence-corrected chi connectivity index (χ1v) is 14.3. The molecule has 0 radical (unpaired) electrons. The Morgan fingerprint density at radius 1 is 1.10 bits per heavy atom. The number of ether oxygens (including phenoxy) is 2. The maximum atomic E-state index is 13.5. The van der Waals surface area contributed by atoms with E-state index < -0.39 is 26.9 Å². The van der Waals surface area contributed by atoms with E-state index in [0.717, 1.165) is 18.7 Å². The normalized spacial score (nSPS) is 15.5. The molecular weight excluding hydrogens is 605 g/mol. The number of carbonyl (C=O) groups excluding carboxylic acids is 1. The standard InChI is InChI=1S/C26H29F3N4O7S.ClH/c1-2-33-15-13-25(14-16-33,24(34)31-35)41(36,37)21-11-9-19(10-12-21)38-17-3-4-22-30-23(32-40-22)18-5-7-20(8-6-18)39-26(27,28)29;/h5-12,35H,2-4,13-17H2,1H3,(H,31,34);1H. The molecule has 0 unspecified atom stereocenters. The van der Waals surface area contributed by atoms with Crippen LogP contribution < -0.4 is 15.0 Å². The quantitative estimate of drug-likeness (QED) is 0.179. The minimum absolute atomic E-state index is 0. The van der Waals surface area contributed by atoms with E-state index in [1.165, 1.54) is 36.4 Å². The zero-order valence-corrected chi connectivity index (χ0v) is 24.1. The number of hydrogen-bond donors (Lipinski definition) is 2. The summed E-state index contributed by atoms with van der Waals surface area (Å²) in [6, 6.07) is 10.8. The summed E-state index contributed by atoms with van der Waals surface area (Å²) >= 11 is 0. The number of likely N-dealkylation sites (tertiary alicyclic amines) is 1. The number of amides is 1. The Hall–Kier alpha value is -3.40. The van der Waals surface area contributed by atoms with Gasteiger partial charge in [0.15, 0.2) is 14.6 Å². The molecule has 0 bridgehead atoms. The number of alkyl halides is 3. The number of halogens is 4. The lowest BCUT2D eigenvalue weighted by molar-refractivity contribution is -0.274. The molecule has 11 nitrogen and oxygen atoms in total. The van der Waals surface area contributed by atoms with Crippen LogP contribution in [-0.2, 0) is 21.1 Å². The minimum Gasteiger partial charge on any atom is -0.494 e. The van der Waals surface area contributed by atoms with Gasteiger partial charge in [-0.1, -0.05) is 12.1 Å². The van der Waals surface area contributed by atoms with E-state index in [0.29, 0.717) is 43.1 Å². The predicted molar refractivity (Wildman–Crippen MR) is 145 cm³/mol. The molecular formula is C26H30ClF3N4O7S. The first-order chi connectivity index (χ1) is 19.5. The van der Waals surface area contributed by atoms with Crippen molar-refractivity contribution in [1.82, 2.24) is 20.5 Å². The van der Waals surface area contributed by atoms with Crippen molar-refractivity contribution in [3.05, 3.63) is 54.4 Å². The summed E-state index contributed by atoms with van der Waals surface area (Å²) in [7, 11) is -4.11. The van der Waals surface area contributed by atoms with Crippen molar-refractivity contribution in [2.45, 2.75) is 48.6 Å². The molecule has 1 amide bonds. The fraction of sp³-hybridized carbons (Fsp3) is 0.423. The molecule has 16 heteroatoms. The minimum atomic E-state index is -4.78. The molecule has 1 fully saturated rings. The van der Waals surface area contributed by atoms with Crippen molar-refractivity contribution in [2.24, 2.45) is 0 Å². The van der Waals surface area contributed by atoms with Crippen molar-refractivity contribution in [2.75, 3.05) is 26.2 Å². The van der Waals surface area contributed by atoms with E-state index in [4.69, 9.17) is 9.26 Å². The molecule has 1 aliphatic rings. The third-order valence-electron chi connectivity index (χ3n) is 6.89. The zero-order chi connectivity index (χ0) is 29.7. The van der Waals surface area contributed by atoms with Gasteiger partial charge in [0.25, 0.3) is 5.91 Å². The second-order valence-electron chi connectivity index (χ2n) is 9.38. The molecule has 42 heavy (non-hydrogen) atoms. The summed E-state index contributed by atoms with van der Waals surface area (Å²) in [5.74, 6) is -0.366. The van der Waals surface area contributed by atoms with E-state index in [2.05, 4.69) is 14.9 Å². The third-order valence-corrected chi connectivity index (χ3v) is 9.41. The fourth-order valence-corrected chi connectivity index (χ4v) is 6.54. The molecule has 230 valence electrons. The lowest BCUT2D eigenvalue weighted by Gasteiger charge is -2.39. The number of aromatic nitrogens is 2. The molecule has 3 aromatic rings. The Balaban J connectivity index is 0.00000484. The number of carbonyl (C=O) groups is 1. The van der Waals surface area contributed by atoms with Gasteiger partial charge in [-0.05, 0) is 74.3 Å². The second-order valence-corrected chi connectivity index (χ2v) is 11.6. The number of aryl methyl sites for hydroxylation is 1. The van der Waals surface area contributed by atoms with Crippen molar-refractivity contribution >= 4 is 28.2 Å². The maximum absolute atomic E-state index is 13.5. The number of sulfone groups is 1. The van der Waals surface area contributed by atoms with Crippen LogP contribution in [-0.4, -0.2) is 71.9 Å². The van der Waals surface area contributed by atoms with E-state index >= 15 is 0 Å². The van der Waals surface area contributed by atoms with Gasteiger partial charge in [0, 0.05) is 25.1 Å². The first kappa shape index (κ1) is 33.1. The van der Waals surface area contributed by atoms with Gasteiger partial charge < -0.3 is 18.9 Å². The third kappa shape index (κ3) is 7.51. The summed E-state index contributed by atoms with van der Waals surface area (Å²) < 4.78 is 76.9. The summed E-state index contributed by atoms with van der Waals surface area (Å²) in [4.78, 5) is 18.8. The van der Waals surface area contributed by atoms with Crippen LogP contribution in [0.2, 0.25) is 0 Å². The maximum Gasteiger partial charge on any atom is 0.573 e. The number of rotatable bonds is 11. The van der Waals surface area contributed by atoms with Crippen LogP contribution in [0.4, 0.5) is 13.2 Å². The highest BCUT2D eigenvalue weighted by atomic mass is 35.5. The summed E-state index contributed by atoms with van der Waals surface area (Å²) in [5, 5.41) is 13.1. The molecule has 4 rings (SSSR count). The summed E-state index contributed by atoms with van der Waals surface area (Å²) in [6.45, 7) is 3.75. The summed E-state index contributed by atoms with van der Waals surface area (Å²) in [5.41, 5.74) is 2.00. The highest BCUT2D eigenvalue weighted by molar-refractivity contribution is 7.93. The molecule has 0 atom stereocenters. The van der Waals surface area contributed by atoms with Crippen LogP contribution in [0.1, 0.15) is 32.1 Å². The number of piperidine rings is 1. The number of nitrogens with one attached hydrogen (secondary N) is 1. The van der Waals surface area contributed by atoms with Crippen molar-refractivity contribution in [3.8, 4) is 22.9 Å². The van der Waals surface area contributed by atoms with Gasteiger partial charge in [0.1, 0.15) is 11.5 Å². The average molecular weight is 635 g/mol. The van der Waals surface area contributed by atoms with Crippen LogP contribution in [0, 0.1) is 0 Å². The zero-order valence-electron chi connectivity index (χ0n) is 22.5. The SMILES string of the molecule is CCN1CCC(C(=O)NO)(S(=O)(=O)c2ccc(OCCCc3nc(-c4ccc(OC(F)(F)F)cc4)no3)cc2)CC1.Cl. The first-order valence-electron chi connectivity index (χ1n) is 12.8. The Bertz CT molecular complexity index is 1430.